The Morgan fingerprint density at radius 3 is 3.00 bits per heavy atom. The molecule has 1 fully saturated rings. The summed E-state index contributed by atoms with van der Waals surface area (Å²) in [5.41, 5.74) is 1.05. The van der Waals surface area contributed by atoms with Gasteiger partial charge in [-0.1, -0.05) is 0 Å². The fourth-order valence-electron chi connectivity index (χ4n) is 2.36. The first kappa shape index (κ1) is 14.7. The summed E-state index contributed by atoms with van der Waals surface area (Å²) in [5.74, 6) is 0. The van der Waals surface area contributed by atoms with Crippen molar-refractivity contribution < 1.29 is 9.47 Å². The average molecular weight is 285 g/mol. The maximum absolute atomic E-state index is 5.47. The molecule has 0 spiro atoms. The van der Waals surface area contributed by atoms with Crippen molar-refractivity contribution in [2.24, 2.45) is 0 Å². The van der Waals surface area contributed by atoms with E-state index in [0.717, 1.165) is 36.9 Å². The van der Waals surface area contributed by atoms with E-state index in [-0.39, 0.29) is 0 Å². The largest absolute Gasteiger partial charge is 0.380 e. The molecule has 1 aromatic heterocycles. The average Bonchev–Trinajstić information content (AvgIpc) is 2.83. The van der Waals surface area contributed by atoms with Crippen LogP contribution in [-0.4, -0.2) is 45.4 Å². The lowest BCUT2D eigenvalue weighted by Crippen LogP contribution is -2.39. The molecular formula is C13H23N3O2S. The third-order valence-corrected chi connectivity index (χ3v) is 4.53. The van der Waals surface area contributed by atoms with Crippen molar-refractivity contribution in [3.8, 4) is 0 Å². The highest BCUT2D eigenvalue weighted by Gasteiger charge is 2.23. The first-order valence-corrected chi connectivity index (χ1v) is 7.50. The van der Waals surface area contributed by atoms with Crippen LogP contribution in [0.1, 0.15) is 23.4 Å². The van der Waals surface area contributed by atoms with Gasteiger partial charge in [-0.15, -0.1) is 11.3 Å². The summed E-state index contributed by atoms with van der Waals surface area (Å²) < 4.78 is 10.7. The van der Waals surface area contributed by atoms with Gasteiger partial charge in [0, 0.05) is 38.7 Å². The minimum Gasteiger partial charge on any atom is -0.380 e. The minimum absolute atomic E-state index is 0.330. The van der Waals surface area contributed by atoms with E-state index in [1.54, 1.807) is 25.6 Å². The number of nitrogens with zero attached hydrogens (tertiary/aromatic N) is 2. The molecule has 1 aliphatic heterocycles. The molecule has 0 aliphatic carbocycles. The second-order valence-electron chi connectivity index (χ2n) is 4.78. The molecule has 6 heteroatoms. The summed E-state index contributed by atoms with van der Waals surface area (Å²) in [6, 6.07) is 0. The molecule has 0 aromatic carbocycles. The highest BCUT2D eigenvalue weighted by Crippen LogP contribution is 2.29. The third-order valence-electron chi connectivity index (χ3n) is 3.37. The van der Waals surface area contributed by atoms with Gasteiger partial charge in [-0.25, -0.2) is 4.98 Å². The molecule has 0 bridgehead atoms. The Morgan fingerprint density at radius 2 is 2.32 bits per heavy atom. The molecule has 19 heavy (non-hydrogen) atoms. The van der Waals surface area contributed by atoms with Crippen molar-refractivity contribution in [1.29, 1.82) is 0 Å². The zero-order valence-electron chi connectivity index (χ0n) is 11.9. The normalized spacial score (nSPS) is 19.9. The lowest BCUT2D eigenvalue weighted by Gasteiger charge is -2.31. The van der Waals surface area contributed by atoms with Gasteiger partial charge in [0.15, 0.2) is 5.13 Å². The van der Waals surface area contributed by atoms with Gasteiger partial charge in [0.2, 0.25) is 0 Å². The highest BCUT2D eigenvalue weighted by molar-refractivity contribution is 7.15. The maximum atomic E-state index is 5.47. The molecule has 2 heterocycles. The van der Waals surface area contributed by atoms with E-state index in [4.69, 9.17) is 14.5 Å². The van der Waals surface area contributed by atoms with E-state index >= 15 is 0 Å². The van der Waals surface area contributed by atoms with Crippen molar-refractivity contribution in [3.63, 3.8) is 0 Å². The molecule has 0 saturated carbocycles. The summed E-state index contributed by atoms with van der Waals surface area (Å²) in [4.78, 5) is 8.33. The quantitative estimate of drug-likeness (QED) is 0.860. The molecule has 1 unspecified atom stereocenters. The molecular weight excluding hydrogens is 262 g/mol. The zero-order valence-corrected chi connectivity index (χ0v) is 12.8. The van der Waals surface area contributed by atoms with Crippen molar-refractivity contribution in [3.05, 3.63) is 10.6 Å². The molecule has 1 N–H and O–H groups in total. The van der Waals surface area contributed by atoms with Gasteiger partial charge in [0.25, 0.3) is 0 Å². The van der Waals surface area contributed by atoms with Crippen LogP contribution in [-0.2, 0) is 22.6 Å². The van der Waals surface area contributed by atoms with Crippen LogP contribution in [0, 0.1) is 0 Å². The van der Waals surface area contributed by atoms with Crippen LogP contribution in [0.2, 0.25) is 0 Å². The van der Waals surface area contributed by atoms with Gasteiger partial charge in [-0.3, -0.25) is 0 Å². The SMILES string of the molecule is CNCc1sc(N2CCCC(OC)C2)nc1COC. The number of hydrogen-bond donors (Lipinski definition) is 1. The maximum Gasteiger partial charge on any atom is 0.186 e. The van der Waals surface area contributed by atoms with Crippen LogP contribution < -0.4 is 10.2 Å². The standard InChI is InChI=1S/C13H23N3O2S/c1-14-7-12-11(9-17-2)15-13(19-12)16-6-4-5-10(8-16)18-3/h10,14H,4-9H2,1-3H3. The van der Waals surface area contributed by atoms with E-state index in [0.29, 0.717) is 12.7 Å². The lowest BCUT2D eigenvalue weighted by molar-refractivity contribution is 0.0893. The Morgan fingerprint density at radius 1 is 1.47 bits per heavy atom. The van der Waals surface area contributed by atoms with Crippen molar-refractivity contribution in [1.82, 2.24) is 10.3 Å². The van der Waals surface area contributed by atoms with Gasteiger partial charge in [0.1, 0.15) is 0 Å². The number of nitrogens with one attached hydrogen (secondary N) is 1. The van der Waals surface area contributed by atoms with Crippen LogP contribution in [0.3, 0.4) is 0 Å². The van der Waals surface area contributed by atoms with Gasteiger partial charge in [0.05, 0.1) is 18.4 Å². The van der Waals surface area contributed by atoms with Gasteiger partial charge >= 0.3 is 0 Å². The van der Waals surface area contributed by atoms with Crippen LogP contribution in [0.15, 0.2) is 0 Å². The Kier molecular flexibility index (Phi) is 5.57. The summed E-state index contributed by atoms with van der Waals surface area (Å²) in [6.45, 7) is 3.43. The summed E-state index contributed by atoms with van der Waals surface area (Å²) in [5, 5.41) is 4.29. The second kappa shape index (κ2) is 7.19. The van der Waals surface area contributed by atoms with E-state index < -0.39 is 0 Å². The lowest BCUT2D eigenvalue weighted by atomic mass is 10.1. The Balaban J connectivity index is 2.12. The second-order valence-corrected chi connectivity index (χ2v) is 5.84. The van der Waals surface area contributed by atoms with Crippen LogP contribution >= 0.6 is 11.3 Å². The smallest absolute Gasteiger partial charge is 0.186 e. The van der Waals surface area contributed by atoms with Crippen LogP contribution in [0.25, 0.3) is 0 Å². The molecule has 0 amide bonds. The zero-order chi connectivity index (χ0) is 13.7. The van der Waals surface area contributed by atoms with Gasteiger partial charge in [-0.2, -0.15) is 0 Å². The first-order valence-electron chi connectivity index (χ1n) is 6.68. The number of rotatable bonds is 6. The minimum atomic E-state index is 0.330. The van der Waals surface area contributed by atoms with E-state index in [2.05, 4.69) is 10.2 Å². The molecule has 108 valence electrons. The number of anilines is 1. The number of aromatic nitrogens is 1. The number of piperidine rings is 1. The predicted octanol–water partition coefficient (Wildman–Crippen LogP) is 1.62. The Bertz CT molecular complexity index is 374. The highest BCUT2D eigenvalue weighted by atomic mass is 32.1. The van der Waals surface area contributed by atoms with Crippen molar-refractivity contribution >= 4 is 16.5 Å². The summed E-state index contributed by atoms with van der Waals surface area (Å²) >= 11 is 1.76. The third kappa shape index (κ3) is 3.66. The number of ether oxygens (including phenoxy) is 2. The number of hydrogen-bond acceptors (Lipinski definition) is 6. The van der Waals surface area contributed by atoms with Gasteiger partial charge in [-0.05, 0) is 19.9 Å². The molecule has 1 atom stereocenters. The fourth-order valence-corrected chi connectivity index (χ4v) is 3.47. The predicted molar refractivity (Wildman–Crippen MR) is 77.8 cm³/mol. The molecule has 0 radical (unpaired) electrons. The van der Waals surface area contributed by atoms with Crippen LogP contribution in [0.5, 0.6) is 0 Å². The van der Waals surface area contributed by atoms with E-state index in [1.165, 1.54) is 11.3 Å². The molecule has 1 aromatic rings. The molecule has 1 aliphatic rings. The number of methoxy groups -OCH3 is 2. The van der Waals surface area contributed by atoms with Gasteiger partial charge < -0.3 is 19.7 Å². The van der Waals surface area contributed by atoms with Crippen LogP contribution in [0.4, 0.5) is 5.13 Å². The Hall–Kier alpha value is -0.690. The summed E-state index contributed by atoms with van der Waals surface area (Å²) in [6.07, 6.45) is 2.64. The van der Waals surface area contributed by atoms with Crippen molar-refractivity contribution in [2.75, 3.05) is 39.3 Å². The summed E-state index contributed by atoms with van der Waals surface area (Å²) in [7, 11) is 5.46. The van der Waals surface area contributed by atoms with E-state index in [1.807, 2.05) is 7.05 Å². The molecule has 5 nitrogen and oxygen atoms in total. The monoisotopic (exact) mass is 285 g/mol. The van der Waals surface area contributed by atoms with E-state index in [9.17, 15) is 0 Å². The topological polar surface area (TPSA) is 46.6 Å². The molecule has 2 rings (SSSR count). The fraction of sp³-hybridized carbons (Fsp3) is 0.769. The number of thiazole rings is 1. The van der Waals surface area contributed by atoms with Crippen molar-refractivity contribution in [2.45, 2.75) is 32.1 Å². The molecule has 1 saturated heterocycles. The first-order chi connectivity index (χ1) is 9.28. The Labute approximate surface area is 118 Å².